The van der Waals surface area contributed by atoms with Crippen LogP contribution in [-0.4, -0.2) is 58.6 Å². The Hall–Kier alpha value is -2.40. The lowest BCUT2D eigenvalue weighted by molar-refractivity contribution is 0.169. The van der Waals surface area contributed by atoms with E-state index in [0.29, 0.717) is 12.4 Å². The highest BCUT2D eigenvalue weighted by Gasteiger charge is 2.20. The van der Waals surface area contributed by atoms with E-state index in [0.717, 1.165) is 68.0 Å². The maximum Gasteiger partial charge on any atom is 0.216 e. The minimum atomic E-state index is 0. The van der Waals surface area contributed by atoms with E-state index >= 15 is 0 Å². The van der Waals surface area contributed by atoms with Crippen LogP contribution in [-0.2, 0) is 13.1 Å². The Kier molecular flexibility index (Phi) is 8.68. The quantitative estimate of drug-likeness (QED) is 0.284. The summed E-state index contributed by atoms with van der Waals surface area (Å²) < 4.78 is 11.1. The normalized spacial score (nSPS) is 15.0. The SMILES string of the molecule is CCNC(=NCc1ncc(-c2ccc(C)cc2)o1)N1CCN(Cc2cc(C)on2)CC1.I. The molecule has 0 bridgehead atoms. The molecule has 1 aliphatic heterocycles. The number of piperazine rings is 1. The molecule has 1 saturated heterocycles. The molecule has 9 heteroatoms. The molecule has 0 amide bonds. The summed E-state index contributed by atoms with van der Waals surface area (Å²) in [5.41, 5.74) is 3.23. The number of benzene rings is 1. The highest BCUT2D eigenvalue weighted by atomic mass is 127. The summed E-state index contributed by atoms with van der Waals surface area (Å²) in [7, 11) is 0. The van der Waals surface area contributed by atoms with Gasteiger partial charge in [-0.1, -0.05) is 35.0 Å². The number of hydrogen-bond acceptors (Lipinski definition) is 6. The van der Waals surface area contributed by atoms with Crippen molar-refractivity contribution >= 4 is 29.9 Å². The minimum Gasteiger partial charge on any atom is -0.439 e. The number of rotatable bonds is 6. The molecule has 1 N–H and O–H groups in total. The first-order valence-electron chi connectivity index (χ1n) is 10.8. The summed E-state index contributed by atoms with van der Waals surface area (Å²) in [6, 6.07) is 10.2. The standard InChI is InChI=1S/C23H30N6O2.HI/c1-4-24-23(29-11-9-28(10-12-29)16-20-13-18(3)31-27-20)26-15-22-25-14-21(30-22)19-7-5-17(2)6-8-19;/h5-8,13-14H,4,9-12,15-16H2,1-3H3,(H,24,26);1H. The molecule has 0 aliphatic carbocycles. The first-order chi connectivity index (χ1) is 15.1. The molecule has 172 valence electrons. The number of aryl methyl sites for hydroxylation is 2. The summed E-state index contributed by atoms with van der Waals surface area (Å²) in [5.74, 6) is 3.14. The molecule has 0 radical (unpaired) electrons. The average Bonchev–Trinajstić information content (AvgIpc) is 3.41. The Morgan fingerprint density at radius 1 is 1.12 bits per heavy atom. The van der Waals surface area contributed by atoms with Crippen molar-refractivity contribution in [3.63, 3.8) is 0 Å². The second-order valence-electron chi connectivity index (χ2n) is 7.85. The number of hydrogen-bond donors (Lipinski definition) is 1. The maximum absolute atomic E-state index is 5.92. The number of halogens is 1. The Balaban J connectivity index is 0.00000289. The van der Waals surface area contributed by atoms with Crippen LogP contribution in [0, 0.1) is 13.8 Å². The zero-order chi connectivity index (χ0) is 21.6. The summed E-state index contributed by atoms with van der Waals surface area (Å²) >= 11 is 0. The van der Waals surface area contributed by atoms with Crippen LogP contribution in [0.4, 0.5) is 0 Å². The molecule has 1 aromatic carbocycles. The smallest absolute Gasteiger partial charge is 0.216 e. The summed E-state index contributed by atoms with van der Waals surface area (Å²) in [5, 5.41) is 7.50. The predicted molar refractivity (Wildman–Crippen MR) is 135 cm³/mol. The van der Waals surface area contributed by atoms with Crippen LogP contribution in [0.5, 0.6) is 0 Å². The van der Waals surface area contributed by atoms with Crippen molar-refractivity contribution in [3.05, 3.63) is 59.4 Å². The van der Waals surface area contributed by atoms with Gasteiger partial charge in [0.05, 0.1) is 11.9 Å². The zero-order valence-electron chi connectivity index (χ0n) is 18.9. The van der Waals surface area contributed by atoms with Gasteiger partial charge in [-0.2, -0.15) is 0 Å². The van der Waals surface area contributed by atoms with Crippen molar-refractivity contribution in [1.82, 2.24) is 25.3 Å². The average molecular weight is 550 g/mol. The molecule has 0 unspecified atom stereocenters. The molecule has 0 atom stereocenters. The topological polar surface area (TPSA) is 82.9 Å². The third kappa shape index (κ3) is 6.32. The van der Waals surface area contributed by atoms with Crippen LogP contribution in [0.15, 0.2) is 50.5 Å². The lowest BCUT2D eigenvalue weighted by Gasteiger charge is -2.36. The van der Waals surface area contributed by atoms with Crippen LogP contribution in [0.2, 0.25) is 0 Å². The lowest BCUT2D eigenvalue weighted by Crippen LogP contribution is -2.52. The van der Waals surface area contributed by atoms with Crippen molar-refractivity contribution in [2.24, 2.45) is 4.99 Å². The minimum absolute atomic E-state index is 0. The van der Waals surface area contributed by atoms with Crippen molar-refractivity contribution in [2.75, 3.05) is 32.7 Å². The number of nitrogens with zero attached hydrogens (tertiary/aromatic N) is 5. The number of nitrogens with one attached hydrogen (secondary N) is 1. The van der Waals surface area contributed by atoms with Gasteiger partial charge in [-0.25, -0.2) is 9.98 Å². The van der Waals surface area contributed by atoms with E-state index in [-0.39, 0.29) is 24.0 Å². The first kappa shape index (κ1) is 24.2. The summed E-state index contributed by atoms with van der Waals surface area (Å²) in [4.78, 5) is 13.9. The maximum atomic E-state index is 5.92. The van der Waals surface area contributed by atoms with Crippen LogP contribution < -0.4 is 5.32 Å². The molecule has 1 aliphatic rings. The van der Waals surface area contributed by atoms with Crippen LogP contribution >= 0.6 is 24.0 Å². The second kappa shape index (κ2) is 11.5. The van der Waals surface area contributed by atoms with Gasteiger partial charge >= 0.3 is 0 Å². The number of guanidine groups is 1. The van der Waals surface area contributed by atoms with E-state index in [1.165, 1.54) is 5.56 Å². The second-order valence-corrected chi connectivity index (χ2v) is 7.85. The first-order valence-corrected chi connectivity index (χ1v) is 10.8. The van der Waals surface area contributed by atoms with E-state index in [1.54, 1.807) is 6.20 Å². The Morgan fingerprint density at radius 2 is 1.88 bits per heavy atom. The molecular weight excluding hydrogens is 519 g/mol. The Bertz CT molecular complexity index is 1010. The van der Waals surface area contributed by atoms with Crippen molar-refractivity contribution in [2.45, 2.75) is 33.9 Å². The molecule has 1 fully saturated rings. The molecule has 0 saturated carbocycles. The zero-order valence-corrected chi connectivity index (χ0v) is 21.2. The van der Waals surface area contributed by atoms with E-state index < -0.39 is 0 Å². The fourth-order valence-electron chi connectivity index (χ4n) is 3.64. The van der Waals surface area contributed by atoms with Crippen LogP contribution in [0.1, 0.15) is 29.8 Å². The van der Waals surface area contributed by atoms with Gasteiger partial charge in [0.25, 0.3) is 0 Å². The van der Waals surface area contributed by atoms with E-state index in [2.05, 4.69) is 51.2 Å². The van der Waals surface area contributed by atoms with Gasteiger partial charge in [-0.3, -0.25) is 4.90 Å². The number of oxazole rings is 1. The fraction of sp³-hybridized carbons (Fsp3) is 0.435. The van der Waals surface area contributed by atoms with E-state index in [4.69, 9.17) is 13.9 Å². The highest BCUT2D eigenvalue weighted by Crippen LogP contribution is 2.21. The van der Waals surface area contributed by atoms with Gasteiger partial charge in [-0.05, 0) is 20.8 Å². The molecule has 2 aromatic heterocycles. The Labute approximate surface area is 206 Å². The molecule has 8 nitrogen and oxygen atoms in total. The third-order valence-corrected chi connectivity index (χ3v) is 5.32. The number of aromatic nitrogens is 2. The largest absolute Gasteiger partial charge is 0.439 e. The van der Waals surface area contributed by atoms with Crippen molar-refractivity contribution in [1.29, 1.82) is 0 Å². The lowest BCUT2D eigenvalue weighted by atomic mass is 10.1. The van der Waals surface area contributed by atoms with Gasteiger partial charge in [0.1, 0.15) is 12.3 Å². The Morgan fingerprint density at radius 3 is 2.53 bits per heavy atom. The monoisotopic (exact) mass is 550 g/mol. The van der Waals surface area contributed by atoms with Crippen LogP contribution in [0.3, 0.4) is 0 Å². The van der Waals surface area contributed by atoms with Gasteiger partial charge in [0.15, 0.2) is 11.7 Å². The predicted octanol–water partition coefficient (Wildman–Crippen LogP) is 3.85. The van der Waals surface area contributed by atoms with E-state index in [1.807, 2.05) is 25.1 Å². The van der Waals surface area contributed by atoms with Crippen molar-refractivity contribution < 1.29 is 8.94 Å². The van der Waals surface area contributed by atoms with Gasteiger partial charge in [0.2, 0.25) is 5.89 Å². The molecular formula is C23H31IN6O2. The number of aliphatic imine (C=N–C) groups is 1. The highest BCUT2D eigenvalue weighted by molar-refractivity contribution is 14.0. The third-order valence-electron chi connectivity index (χ3n) is 5.32. The summed E-state index contributed by atoms with van der Waals surface area (Å²) in [6.45, 7) is 11.8. The van der Waals surface area contributed by atoms with Crippen molar-refractivity contribution in [3.8, 4) is 11.3 Å². The van der Waals surface area contributed by atoms with Gasteiger partial charge in [0, 0.05) is 50.9 Å². The van der Waals surface area contributed by atoms with E-state index in [9.17, 15) is 0 Å². The molecule has 3 heterocycles. The molecule has 3 aromatic rings. The van der Waals surface area contributed by atoms with Gasteiger partial charge in [-0.15, -0.1) is 24.0 Å². The molecule has 32 heavy (non-hydrogen) atoms. The fourth-order valence-corrected chi connectivity index (χ4v) is 3.64. The van der Waals surface area contributed by atoms with Gasteiger partial charge < -0.3 is 19.2 Å². The molecule has 4 rings (SSSR count). The molecule has 0 spiro atoms. The van der Waals surface area contributed by atoms with Crippen LogP contribution in [0.25, 0.3) is 11.3 Å². The summed E-state index contributed by atoms with van der Waals surface area (Å²) in [6.07, 6.45) is 1.77.